The number of thioether (sulfide) groups is 1. The molecule has 146 valence electrons. The number of rotatable bonds is 2. The Bertz CT molecular complexity index is 1240. The minimum atomic E-state index is -1.44. The predicted molar refractivity (Wildman–Crippen MR) is 108 cm³/mol. The Morgan fingerprint density at radius 1 is 1.10 bits per heavy atom. The fraction of sp³-hybridized carbons (Fsp3) is 0.150. The van der Waals surface area contributed by atoms with Gasteiger partial charge in [0.25, 0.3) is 11.5 Å². The number of benzene rings is 2. The fourth-order valence-electron chi connectivity index (χ4n) is 3.95. The van der Waals surface area contributed by atoms with E-state index in [2.05, 4.69) is 5.32 Å². The van der Waals surface area contributed by atoms with Crippen LogP contribution in [-0.4, -0.2) is 26.9 Å². The second-order valence-corrected chi connectivity index (χ2v) is 8.01. The van der Waals surface area contributed by atoms with Gasteiger partial charge in [0, 0.05) is 12.6 Å². The normalized spacial score (nSPS) is 20.4. The summed E-state index contributed by atoms with van der Waals surface area (Å²) < 4.78 is 16.7. The number of aryl methyl sites for hydroxylation is 1. The third-order valence-corrected chi connectivity index (χ3v) is 6.55. The molecule has 0 saturated carbocycles. The van der Waals surface area contributed by atoms with Crippen molar-refractivity contribution in [1.82, 2.24) is 9.36 Å². The van der Waals surface area contributed by atoms with Gasteiger partial charge in [-0.1, -0.05) is 24.3 Å². The van der Waals surface area contributed by atoms with Crippen LogP contribution >= 0.6 is 11.8 Å². The van der Waals surface area contributed by atoms with Crippen LogP contribution in [0.15, 0.2) is 59.5 Å². The van der Waals surface area contributed by atoms with E-state index in [0.29, 0.717) is 16.9 Å². The molecule has 2 aliphatic heterocycles. The summed E-state index contributed by atoms with van der Waals surface area (Å²) in [4.78, 5) is 39.0. The zero-order valence-electron chi connectivity index (χ0n) is 15.3. The lowest BCUT2D eigenvalue weighted by Gasteiger charge is -2.30. The van der Waals surface area contributed by atoms with Crippen LogP contribution in [0, 0.1) is 5.82 Å². The first-order valence-corrected chi connectivity index (χ1v) is 9.84. The maximum absolute atomic E-state index is 13.7. The molecule has 1 unspecified atom stereocenters. The van der Waals surface area contributed by atoms with Gasteiger partial charge in [-0.05, 0) is 24.3 Å². The molecule has 1 aromatic heterocycles. The molecule has 2 amide bonds. The predicted octanol–water partition coefficient (Wildman–Crippen LogP) is 2.20. The highest BCUT2D eigenvalue weighted by molar-refractivity contribution is 8.02. The summed E-state index contributed by atoms with van der Waals surface area (Å²) in [7, 11) is 1.69. The van der Waals surface area contributed by atoms with Gasteiger partial charge in [-0.2, -0.15) is 0 Å². The molecule has 2 aromatic carbocycles. The third-order valence-electron chi connectivity index (χ3n) is 5.15. The van der Waals surface area contributed by atoms with Crippen molar-refractivity contribution >= 4 is 35.0 Å². The second-order valence-electron chi connectivity index (χ2n) is 6.85. The van der Waals surface area contributed by atoms with Gasteiger partial charge in [0.2, 0.25) is 10.8 Å². The van der Waals surface area contributed by atoms with Crippen molar-refractivity contribution in [1.29, 1.82) is 0 Å². The van der Waals surface area contributed by atoms with E-state index >= 15 is 0 Å². The average molecular weight is 410 g/mol. The van der Waals surface area contributed by atoms with Crippen molar-refractivity contribution in [2.75, 3.05) is 16.0 Å². The van der Waals surface area contributed by atoms with Crippen LogP contribution in [0.5, 0.6) is 0 Å². The summed E-state index contributed by atoms with van der Waals surface area (Å²) in [5, 5.41) is 2.65. The molecule has 3 aromatic rings. The van der Waals surface area contributed by atoms with Crippen LogP contribution in [0.3, 0.4) is 0 Å². The van der Waals surface area contributed by atoms with E-state index in [0.717, 1.165) is 11.8 Å². The van der Waals surface area contributed by atoms with Gasteiger partial charge in [-0.3, -0.25) is 24.0 Å². The van der Waals surface area contributed by atoms with Crippen molar-refractivity contribution in [2.24, 2.45) is 7.05 Å². The molecule has 0 aliphatic carbocycles. The molecular weight excluding hydrogens is 395 g/mol. The van der Waals surface area contributed by atoms with Gasteiger partial charge >= 0.3 is 0 Å². The number of amides is 2. The molecular formula is C20H15FN4O3S. The molecule has 0 bridgehead atoms. The topological polar surface area (TPSA) is 76.3 Å². The summed E-state index contributed by atoms with van der Waals surface area (Å²) in [6.45, 7) is 0. The summed E-state index contributed by atoms with van der Waals surface area (Å²) in [6.07, 6.45) is 1.54. The maximum Gasteiger partial charge on any atom is 0.295 e. The van der Waals surface area contributed by atoms with Crippen molar-refractivity contribution in [3.8, 4) is 5.69 Å². The van der Waals surface area contributed by atoms with Crippen LogP contribution in [0.4, 0.5) is 15.8 Å². The van der Waals surface area contributed by atoms with Crippen LogP contribution in [0.1, 0.15) is 5.56 Å². The highest BCUT2D eigenvalue weighted by Crippen LogP contribution is 2.53. The monoisotopic (exact) mass is 410 g/mol. The Kier molecular flexibility index (Phi) is 3.72. The Balaban J connectivity index is 1.72. The number of fused-ring (bicyclic) bond motifs is 2. The summed E-state index contributed by atoms with van der Waals surface area (Å²) in [5.74, 6) is -1.29. The first-order valence-electron chi connectivity index (χ1n) is 8.86. The molecule has 3 heterocycles. The molecule has 7 nitrogen and oxygen atoms in total. The highest BCUT2D eigenvalue weighted by Gasteiger charge is 2.59. The molecule has 5 rings (SSSR count). The van der Waals surface area contributed by atoms with Crippen molar-refractivity contribution < 1.29 is 14.0 Å². The van der Waals surface area contributed by atoms with E-state index in [1.165, 1.54) is 34.0 Å². The molecule has 1 atom stereocenters. The Labute approximate surface area is 168 Å². The van der Waals surface area contributed by atoms with E-state index in [9.17, 15) is 18.8 Å². The Morgan fingerprint density at radius 2 is 1.86 bits per heavy atom. The number of hydrogen-bond donors (Lipinski definition) is 1. The number of carbonyl (C=O) groups excluding carboxylic acids is 2. The van der Waals surface area contributed by atoms with Crippen molar-refractivity contribution in [3.05, 3.63) is 76.5 Å². The number of para-hydroxylation sites is 1. The standard InChI is InChI=1S/C20H15FN4O3S/c1-23-10-16(18(27)25(23)13-5-3-2-4-6-13)24-17(26)11-29-20(24)14-8-7-12(21)9-15(14)22-19(20)28/h2-10H,11H2,1H3,(H,22,28). The SMILES string of the molecule is Cn1cc(N2C(=O)CSC23C(=O)Nc2cc(F)ccc23)c(=O)n1-c1ccccc1. The minimum absolute atomic E-state index is 0.0317. The smallest absolute Gasteiger partial charge is 0.295 e. The van der Waals surface area contributed by atoms with E-state index in [1.807, 2.05) is 18.2 Å². The highest BCUT2D eigenvalue weighted by atomic mass is 32.2. The molecule has 1 N–H and O–H groups in total. The fourth-order valence-corrected chi connectivity index (χ4v) is 5.25. The van der Waals surface area contributed by atoms with Gasteiger partial charge in [0.15, 0.2) is 0 Å². The third kappa shape index (κ3) is 2.34. The number of halogens is 1. The van der Waals surface area contributed by atoms with Gasteiger partial charge in [-0.15, -0.1) is 11.8 Å². The van der Waals surface area contributed by atoms with Crippen LogP contribution in [0.2, 0.25) is 0 Å². The molecule has 9 heteroatoms. The Morgan fingerprint density at radius 3 is 2.62 bits per heavy atom. The number of nitrogens with one attached hydrogen (secondary N) is 1. The van der Waals surface area contributed by atoms with E-state index in [4.69, 9.17) is 0 Å². The molecule has 1 spiro atoms. The zero-order chi connectivity index (χ0) is 20.3. The number of anilines is 2. The Hall–Kier alpha value is -3.33. The lowest BCUT2D eigenvalue weighted by molar-refractivity contribution is -0.122. The summed E-state index contributed by atoms with van der Waals surface area (Å²) in [6, 6.07) is 13.0. The van der Waals surface area contributed by atoms with Gasteiger partial charge in [0.05, 0.1) is 23.3 Å². The largest absolute Gasteiger partial charge is 0.322 e. The first kappa shape index (κ1) is 17.7. The number of nitrogens with zero attached hydrogens (tertiary/aromatic N) is 3. The zero-order valence-corrected chi connectivity index (χ0v) is 16.1. The minimum Gasteiger partial charge on any atom is -0.322 e. The van der Waals surface area contributed by atoms with Gasteiger partial charge < -0.3 is 5.32 Å². The number of hydrogen-bond acceptors (Lipinski definition) is 4. The maximum atomic E-state index is 13.7. The molecule has 29 heavy (non-hydrogen) atoms. The summed E-state index contributed by atoms with van der Waals surface area (Å²) >= 11 is 1.12. The van der Waals surface area contributed by atoms with E-state index in [1.54, 1.807) is 23.9 Å². The van der Waals surface area contributed by atoms with Gasteiger partial charge in [0.1, 0.15) is 11.5 Å². The average Bonchev–Trinajstić information content (AvgIpc) is 3.28. The molecule has 0 radical (unpaired) electrons. The lowest BCUT2D eigenvalue weighted by Crippen LogP contribution is -2.48. The number of aromatic nitrogens is 2. The second kappa shape index (κ2) is 6.08. The molecule has 2 aliphatic rings. The summed E-state index contributed by atoms with van der Waals surface area (Å²) in [5.41, 5.74) is 1.09. The molecule has 1 fully saturated rings. The van der Waals surface area contributed by atoms with E-state index < -0.39 is 22.2 Å². The van der Waals surface area contributed by atoms with Gasteiger partial charge in [-0.25, -0.2) is 9.07 Å². The number of carbonyl (C=O) groups is 2. The van der Waals surface area contributed by atoms with Crippen LogP contribution in [-0.2, 0) is 21.5 Å². The van der Waals surface area contributed by atoms with Crippen molar-refractivity contribution in [2.45, 2.75) is 4.87 Å². The molecule has 1 saturated heterocycles. The van der Waals surface area contributed by atoms with Crippen LogP contribution < -0.4 is 15.8 Å². The quantitative estimate of drug-likeness (QED) is 0.703. The van der Waals surface area contributed by atoms with Crippen LogP contribution in [0.25, 0.3) is 5.69 Å². The van der Waals surface area contributed by atoms with E-state index in [-0.39, 0.29) is 17.3 Å². The lowest BCUT2D eigenvalue weighted by atomic mass is 10.1. The first-order chi connectivity index (χ1) is 13.9. The van der Waals surface area contributed by atoms with Crippen molar-refractivity contribution in [3.63, 3.8) is 0 Å².